The molecule has 0 aliphatic rings. The van der Waals surface area contributed by atoms with Gasteiger partial charge in [-0.25, -0.2) is 0 Å². The molecule has 0 spiro atoms. The molecular formula is C23H31NO3. The third-order valence-corrected chi connectivity index (χ3v) is 4.22. The Hall–Kier alpha value is -2.33. The molecule has 2 aromatic rings. The second-order valence-electron chi connectivity index (χ2n) is 6.67. The third-order valence-electron chi connectivity index (χ3n) is 4.22. The molecule has 4 heteroatoms. The average Bonchev–Trinajstić information content (AvgIpc) is 2.68. The highest BCUT2D eigenvalue weighted by molar-refractivity contribution is 5.75. The maximum Gasteiger partial charge on any atom is 0.219 e. The van der Waals surface area contributed by atoms with E-state index in [-0.39, 0.29) is 5.91 Å². The van der Waals surface area contributed by atoms with Crippen LogP contribution in [0.3, 0.4) is 0 Å². The zero-order valence-electron chi connectivity index (χ0n) is 16.3. The topological polar surface area (TPSA) is 47.6 Å². The SMILES string of the molecule is Cc1cccc(OCCCCC(=O)NCCCOCCc2ccccc2)c1. The summed E-state index contributed by atoms with van der Waals surface area (Å²) in [6.45, 7) is 4.76. The number of ether oxygens (including phenoxy) is 2. The zero-order chi connectivity index (χ0) is 19.2. The van der Waals surface area contributed by atoms with Crippen LogP contribution < -0.4 is 10.1 Å². The van der Waals surface area contributed by atoms with Crippen molar-refractivity contribution in [3.63, 3.8) is 0 Å². The molecule has 0 radical (unpaired) electrons. The van der Waals surface area contributed by atoms with E-state index in [1.54, 1.807) is 0 Å². The average molecular weight is 370 g/mol. The van der Waals surface area contributed by atoms with Crippen LogP contribution in [-0.4, -0.2) is 32.3 Å². The molecule has 27 heavy (non-hydrogen) atoms. The fourth-order valence-corrected chi connectivity index (χ4v) is 2.71. The Bertz CT molecular complexity index is 658. The van der Waals surface area contributed by atoms with E-state index < -0.39 is 0 Å². The van der Waals surface area contributed by atoms with Gasteiger partial charge >= 0.3 is 0 Å². The molecule has 0 aliphatic carbocycles. The lowest BCUT2D eigenvalue weighted by atomic mass is 10.2. The molecule has 2 aromatic carbocycles. The molecule has 1 N–H and O–H groups in total. The first-order valence-electron chi connectivity index (χ1n) is 9.82. The number of amides is 1. The molecule has 4 nitrogen and oxygen atoms in total. The van der Waals surface area contributed by atoms with Crippen LogP contribution in [0.5, 0.6) is 5.75 Å². The van der Waals surface area contributed by atoms with Crippen molar-refractivity contribution >= 4 is 5.91 Å². The molecule has 0 fully saturated rings. The van der Waals surface area contributed by atoms with Crippen molar-refractivity contribution in [3.8, 4) is 5.75 Å². The molecule has 0 aliphatic heterocycles. The number of nitrogens with one attached hydrogen (secondary N) is 1. The van der Waals surface area contributed by atoms with E-state index in [4.69, 9.17) is 9.47 Å². The summed E-state index contributed by atoms with van der Waals surface area (Å²) in [6.07, 6.45) is 4.04. The quantitative estimate of drug-likeness (QED) is 0.535. The monoisotopic (exact) mass is 369 g/mol. The van der Waals surface area contributed by atoms with Crippen LogP contribution in [0.2, 0.25) is 0 Å². The van der Waals surface area contributed by atoms with Gasteiger partial charge in [0.15, 0.2) is 0 Å². The Labute approximate surface area is 162 Å². The van der Waals surface area contributed by atoms with Gasteiger partial charge in [-0.15, -0.1) is 0 Å². The maximum atomic E-state index is 11.8. The van der Waals surface area contributed by atoms with Crippen LogP contribution in [0.25, 0.3) is 0 Å². The first-order chi connectivity index (χ1) is 13.2. The fraction of sp³-hybridized carbons (Fsp3) is 0.435. The van der Waals surface area contributed by atoms with Crippen LogP contribution >= 0.6 is 0 Å². The Balaban J connectivity index is 1.39. The van der Waals surface area contributed by atoms with E-state index in [0.29, 0.717) is 26.2 Å². The van der Waals surface area contributed by atoms with Gasteiger partial charge in [0.05, 0.1) is 13.2 Å². The Kier molecular flexibility index (Phi) is 10.0. The molecular weight excluding hydrogens is 338 g/mol. The number of benzene rings is 2. The van der Waals surface area contributed by atoms with Crippen LogP contribution in [0.15, 0.2) is 54.6 Å². The number of hydrogen-bond acceptors (Lipinski definition) is 3. The Morgan fingerprint density at radius 2 is 1.78 bits per heavy atom. The fourth-order valence-electron chi connectivity index (χ4n) is 2.71. The van der Waals surface area contributed by atoms with Gasteiger partial charge in [-0.1, -0.05) is 42.5 Å². The molecule has 0 saturated carbocycles. The third kappa shape index (κ3) is 9.80. The smallest absolute Gasteiger partial charge is 0.219 e. The van der Waals surface area contributed by atoms with Crippen molar-refractivity contribution in [2.24, 2.45) is 0 Å². The first-order valence-corrected chi connectivity index (χ1v) is 9.82. The lowest BCUT2D eigenvalue weighted by Crippen LogP contribution is -2.25. The summed E-state index contributed by atoms with van der Waals surface area (Å²) in [6, 6.07) is 18.3. The van der Waals surface area contributed by atoms with E-state index in [1.165, 1.54) is 11.1 Å². The predicted octanol–water partition coefficient (Wildman–Crippen LogP) is 4.31. The standard InChI is InChI=1S/C23H31NO3/c1-20-9-7-12-22(19-20)27-17-6-5-13-23(25)24-15-8-16-26-18-14-21-10-3-2-4-11-21/h2-4,7,9-12,19H,5-6,8,13-18H2,1H3,(H,24,25). The van der Waals surface area contributed by atoms with Crippen molar-refractivity contribution < 1.29 is 14.3 Å². The van der Waals surface area contributed by atoms with Gasteiger partial charge in [0.25, 0.3) is 0 Å². The van der Waals surface area contributed by atoms with Crippen LogP contribution in [0.1, 0.15) is 36.8 Å². The van der Waals surface area contributed by atoms with E-state index in [1.807, 2.05) is 49.4 Å². The predicted molar refractivity (Wildman–Crippen MR) is 109 cm³/mol. The van der Waals surface area contributed by atoms with Gasteiger partial charge < -0.3 is 14.8 Å². The van der Waals surface area contributed by atoms with E-state index >= 15 is 0 Å². The minimum atomic E-state index is 0.106. The van der Waals surface area contributed by atoms with E-state index in [0.717, 1.165) is 38.0 Å². The highest BCUT2D eigenvalue weighted by Crippen LogP contribution is 2.12. The molecule has 0 saturated heterocycles. The summed E-state index contributed by atoms with van der Waals surface area (Å²) < 4.78 is 11.3. The van der Waals surface area contributed by atoms with Crippen molar-refractivity contribution in [1.29, 1.82) is 0 Å². The van der Waals surface area contributed by atoms with Crippen molar-refractivity contribution in [2.45, 2.75) is 39.0 Å². The molecule has 0 aromatic heterocycles. The Morgan fingerprint density at radius 1 is 0.926 bits per heavy atom. The molecule has 0 heterocycles. The van der Waals surface area contributed by atoms with E-state index in [2.05, 4.69) is 17.4 Å². The second kappa shape index (κ2) is 12.9. The van der Waals surface area contributed by atoms with Crippen molar-refractivity contribution in [1.82, 2.24) is 5.32 Å². The van der Waals surface area contributed by atoms with Crippen molar-refractivity contribution in [3.05, 3.63) is 65.7 Å². The summed E-state index contributed by atoms with van der Waals surface area (Å²) in [5, 5.41) is 2.95. The lowest BCUT2D eigenvalue weighted by molar-refractivity contribution is -0.121. The van der Waals surface area contributed by atoms with Crippen LogP contribution in [0, 0.1) is 6.92 Å². The highest BCUT2D eigenvalue weighted by Gasteiger charge is 2.01. The number of unbranched alkanes of at least 4 members (excludes halogenated alkanes) is 1. The van der Waals surface area contributed by atoms with Gasteiger partial charge in [0.2, 0.25) is 5.91 Å². The highest BCUT2D eigenvalue weighted by atomic mass is 16.5. The summed E-state index contributed by atoms with van der Waals surface area (Å²) in [5.74, 6) is 1.00. The summed E-state index contributed by atoms with van der Waals surface area (Å²) in [5.41, 5.74) is 2.48. The molecule has 1 amide bonds. The molecule has 0 atom stereocenters. The number of carbonyl (C=O) groups excluding carboxylic acids is 1. The largest absolute Gasteiger partial charge is 0.494 e. The molecule has 146 valence electrons. The molecule has 0 bridgehead atoms. The summed E-state index contributed by atoms with van der Waals surface area (Å²) in [7, 11) is 0. The molecule has 2 rings (SSSR count). The summed E-state index contributed by atoms with van der Waals surface area (Å²) >= 11 is 0. The van der Waals surface area contributed by atoms with Gasteiger partial charge in [-0.05, 0) is 55.9 Å². The zero-order valence-corrected chi connectivity index (χ0v) is 16.3. The molecule has 0 unspecified atom stereocenters. The first kappa shape index (κ1) is 21.0. The van der Waals surface area contributed by atoms with Gasteiger partial charge in [-0.2, -0.15) is 0 Å². The second-order valence-corrected chi connectivity index (χ2v) is 6.67. The number of aryl methyl sites for hydroxylation is 1. The minimum absolute atomic E-state index is 0.106. The van der Waals surface area contributed by atoms with Crippen molar-refractivity contribution in [2.75, 3.05) is 26.4 Å². The van der Waals surface area contributed by atoms with Crippen LogP contribution in [-0.2, 0) is 16.0 Å². The summed E-state index contributed by atoms with van der Waals surface area (Å²) in [4.78, 5) is 11.8. The van der Waals surface area contributed by atoms with Crippen LogP contribution in [0.4, 0.5) is 0 Å². The normalized spacial score (nSPS) is 10.6. The maximum absolute atomic E-state index is 11.8. The van der Waals surface area contributed by atoms with Gasteiger partial charge in [0, 0.05) is 19.6 Å². The number of carbonyl (C=O) groups is 1. The Morgan fingerprint density at radius 3 is 2.59 bits per heavy atom. The lowest BCUT2D eigenvalue weighted by Gasteiger charge is -2.08. The number of hydrogen-bond donors (Lipinski definition) is 1. The van der Waals surface area contributed by atoms with Gasteiger partial charge in [-0.3, -0.25) is 4.79 Å². The van der Waals surface area contributed by atoms with Gasteiger partial charge in [0.1, 0.15) is 5.75 Å². The number of rotatable bonds is 13. The van der Waals surface area contributed by atoms with E-state index in [9.17, 15) is 4.79 Å². The minimum Gasteiger partial charge on any atom is -0.494 e.